The van der Waals surface area contributed by atoms with Crippen LogP contribution in [0.25, 0.3) is 0 Å². The largest absolute Gasteiger partial charge is 0.309 e. The zero-order valence-corrected chi connectivity index (χ0v) is 8.16. The molecule has 0 fully saturated rings. The second kappa shape index (κ2) is 4.83. The van der Waals surface area contributed by atoms with E-state index in [0.717, 1.165) is 5.25 Å². The standard InChI is InChI=1S/C9H17NS/c1-8(10-2)11-9-6-4-3-5-7-9/h3-4,8-10H,5-7H2,1-2H3. The maximum Gasteiger partial charge on any atom is 0.0503 e. The van der Waals surface area contributed by atoms with Crippen LogP contribution in [0.15, 0.2) is 12.2 Å². The minimum Gasteiger partial charge on any atom is -0.309 e. The topological polar surface area (TPSA) is 12.0 Å². The number of thioether (sulfide) groups is 1. The Bertz CT molecular complexity index is 134. The molecule has 64 valence electrons. The summed E-state index contributed by atoms with van der Waals surface area (Å²) < 4.78 is 0. The highest BCUT2D eigenvalue weighted by Crippen LogP contribution is 2.26. The van der Waals surface area contributed by atoms with E-state index in [2.05, 4.69) is 36.2 Å². The van der Waals surface area contributed by atoms with Crippen LogP contribution in [0.3, 0.4) is 0 Å². The second-order valence-electron chi connectivity index (χ2n) is 2.97. The molecule has 11 heavy (non-hydrogen) atoms. The highest BCUT2D eigenvalue weighted by Gasteiger charge is 2.12. The van der Waals surface area contributed by atoms with Crippen molar-refractivity contribution in [2.24, 2.45) is 0 Å². The molecule has 0 aromatic rings. The highest BCUT2D eigenvalue weighted by atomic mass is 32.2. The van der Waals surface area contributed by atoms with Crippen LogP contribution < -0.4 is 5.32 Å². The number of allylic oxidation sites excluding steroid dienone is 2. The van der Waals surface area contributed by atoms with Gasteiger partial charge in [0.05, 0.1) is 5.37 Å². The van der Waals surface area contributed by atoms with Gasteiger partial charge in [0.2, 0.25) is 0 Å². The fraction of sp³-hybridized carbons (Fsp3) is 0.778. The Kier molecular flexibility index (Phi) is 4.02. The summed E-state index contributed by atoms with van der Waals surface area (Å²) in [5, 5.41) is 4.70. The third-order valence-corrected chi connectivity index (χ3v) is 3.48. The lowest BCUT2D eigenvalue weighted by atomic mass is 10.1. The predicted molar refractivity (Wildman–Crippen MR) is 52.9 cm³/mol. The summed E-state index contributed by atoms with van der Waals surface area (Å²) in [5.41, 5.74) is 0. The molecule has 2 unspecified atom stereocenters. The lowest BCUT2D eigenvalue weighted by molar-refractivity contribution is 0.729. The van der Waals surface area contributed by atoms with Crippen LogP contribution in [-0.2, 0) is 0 Å². The molecule has 2 heteroatoms. The molecule has 0 aromatic heterocycles. The van der Waals surface area contributed by atoms with Crippen molar-refractivity contribution in [3.05, 3.63) is 12.2 Å². The van der Waals surface area contributed by atoms with E-state index in [1.54, 1.807) is 0 Å². The number of hydrogen-bond donors (Lipinski definition) is 1. The zero-order chi connectivity index (χ0) is 8.10. The van der Waals surface area contributed by atoms with E-state index in [4.69, 9.17) is 0 Å². The average molecular weight is 171 g/mol. The van der Waals surface area contributed by atoms with Crippen molar-refractivity contribution in [1.82, 2.24) is 5.32 Å². The third-order valence-electron chi connectivity index (χ3n) is 2.02. The van der Waals surface area contributed by atoms with Crippen LogP contribution in [0.1, 0.15) is 26.2 Å². The summed E-state index contributed by atoms with van der Waals surface area (Å²) in [7, 11) is 2.02. The number of nitrogens with one attached hydrogen (secondary N) is 1. The van der Waals surface area contributed by atoms with E-state index in [1.165, 1.54) is 19.3 Å². The monoisotopic (exact) mass is 171 g/mol. The molecular weight excluding hydrogens is 154 g/mol. The minimum absolute atomic E-state index is 0.603. The van der Waals surface area contributed by atoms with E-state index < -0.39 is 0 Å². The predicted octanol–water partition coefficient (Wildman–Crippen LogP) is 2.39. The molecule has 1 rings (SSSR count). The van der Waals surface area contributed by atoms with Gasteiger partial charge in [0.25, 0.3) is 0 Å². The molecular formula is C9H17NS. The van der Waals surface area contributed by atoms with Gasteiger partial charge in [0.15, 0.2) is 0 Å². The molecule has 1 N–H and O–H groups in total. The first-order valence-electron chi connectivity index (χ1n) is 4.30. The summed E-state index contributed by atoms with van der Waals surface area (Å²) in [6.45, 7) is 2.23. The average Bonchev–Trinajstić information content (AvgIpc) is 2.06. The SMILES string of the molecule is CNC(C)SC1CC=CCC1. The van der Waals surface area contributed by atoms with Crippen LogP contribution in [0, 0.1) is 0 Å². The van der Waals surface area contributed by atoms with E-state index in [1.807, 2.05) is 7.05 Å². The van der Waals surface area contributed by atoms with Crippen LogP contribution >= 0.6 is 11.8 Å². The molecule has 1 aliphatic rings. The fourth-order valence-electron chi connectivity index (χ4n) is 1.25. The summed E-state index contributed by atoms with van der Waals surface area (Å²) >= 11 is 2.06. The van der Waals surface area contributed by atoms with Crippen molar-refractivity contribution >= 4 is 11.8 Å². The van der Waals surface area contributed by atoms with Gasteiger partial charge in [-0.1, -0.05) is 12.2 Å². The van der Waals surface area contributed by atoms with Crippen molar-refractivity contribution in [3.8, 4) is 0 Å². The molecule has 2 atom stereocenters. The maximum atomic E-state index is 3.25. The Morgan fingerprint density at radius 2 is 2.36 bits per heavy atom. The van der Waals surface area contributed by atoms with Crippen LogP contribution in [0.5, 0.6) is 0 Å². The number of rotatable bonds is 3. The maximum absolute atomic E-state index is 3.25. The van der Waals surface area contributed by atoms with E-state index in [-0.39, 0.29) is 0 Å². The van der Waals surface area contributed by atoms with Crippen molar-refractivity contribution < 1.29 is 0 Å². The van der Waals surface area contributed by atoms with Gasteiger partial charge >= 0.3 is 0 Å². The molecule has 0 radical (unpaired) electrons. The third kappa shape index (κ3) is 3.30. The Labute approximate surface area is 73.6 Å². The molecule has 0 amide bonds. The van der Waals surface area contributed by atoms with E-state index in [9.17, 15) is 0 Å². The molecule has 0 heterocycles. The normalized spacial score (nSPS) is 26.9. The zero-order valence-electron chi connectivity index (χ0n) is 7.34. The summed E-state index contributed by atoms with van der Waals surface area (Å²) in [5.74, 6) is 0. The smallest absolute Gasteiger partial charge is 0.0503 e. The highest BCUT2D eigenvalue weighted by molar-refractivity contribution is 8.00. The van der Waals surface area contributed by atoms with Gasteiger partial charge in [-0.2, -0.15) is 0 Å². The molecule has 0 saturated heterocycles. The van der Waals surface area contributed by atoms with Gasteiger partial charge in [-0.15, -0.1) is 11.8 Å². The number of hydrogen-bond acceptors (Lipinski definition) is 2. The van der Waals surface area contributed by atoms with Crippen LogP contribution in [0.4, 0.5) is 0 Å². The molecule has 0 spiro atoms. The fourth-order valence-corrected chi connectivity index (χ4v) is 2.45. The van der Waals surface area contributed by atoms with Gasteiger partial charge in [-0.25, -0.2) is 0 Å². The van der Waals surface area contributed by atoms with Crippen molar-refractivity contribution in [3.63, 3.8) is 0 Å². The van der Waals surface area contributed by atoms with Gasteiger partial charge in [0.1, 0.15) is 0 Å². The summed E-state index contributed by atoms with van der Waals surface area (Å²) in [6.07, 6.45) is 8.49. The molecule has 0 aromatic carbocycles. The molecule has 1 aliphatic carbocycles. The molecule has 0 saturated carbocycles. The Balaban J connectivity index is 2.20. The van der Waals surface area contributed by atoms with Gasteiger partial charge in [-0.05, 0) is 33.2 Å². The quantitative estimate of drug-likeness (QED) is 0.517. The lowest BCUT2D eigenvalue weighted by Crippen LogP contribution is -2.21. The van der Waals surface area contributed by atoms with Crippen LogP contribution in [0.2, 0.25) is 0 Å². The summed E-state index contributed by atoms with van der Waals surface area (Å²) in [6, 6.07) is 0. The molecule has 0 aliphatic heterocycles. The first kappa shape index (κ1) is 9.14. The van der Waals surface area contributed by atoms with E-state index in [0.29, 0.717) is 5.37 Å². The summed E-state index contributed by atoms with van der Waals surface area (Å²) in [4.78, 5) is 0. The Hall–Kier alpha value is 0.0500. The minimum atomic E-state index is 0.603. The van der Waals surface area contributed by atoms with Crippen molar-refractivity contribution in [2.45, 2.75) is 36.8 Å². The van der Waals surface area contributed by atoms with E-state index >= 15 is 0 Å². The first-order valence-corrected chi connectivity index (χ1v) is 5.25. The van der Waals surface area contributed by atoms with Gasteiger partial charge in [-0.3, -0.25) is 0 Å². The first-order chi connectivity index (χ1) is 5.33. The van der Waals surface area contributed by atoms with Crippen LogP contribution in [-0.4, -0.2) is 17.7 Å². The van der Waals surface area contributed by atoms with Gasteiger partial charge < -0.3 is 5.32 Å². The Morgan fingerprint density at radius 1 is 1.55 bits per heavy atom. The second-order valence-corrected chi connectivity index (χ2v) is 4.62. The van der Waals surface area contributed by atoms with Crippen molar-refractivity contribution in [2.75, 3.05) is 7.05 Å². The van der Waals surface area contributed by atoms with Gasteiger partial charge in [0, 0.05) is 5.25 Å². The van der Waals surface area contributed by atoms with Crippen molar-refractivity contribution in [1.29, 1.82) is 0 Å². The lowest BCUT2D eigenvalue weighted by Gasteiger charge is -2.20. The molecule has 1 nitrogen and oxygen atoms in total. The Morgan fingerprint density at radius 3 is 2.91 bits per heavy atom. The molecule has 0 bridgehead atoms.